The summed E-state index contributed by atoms with van der Waals surface area (Å²) in [6, 6.07) is 18.0. The molecular formula is C24H30N4O4S. The quantitative estimate of drug-likeness (QED) is 0.383. The zero-order valence-electron chi connectivity index (χ0n) is 19.2. The number of aromatic nitrogens is 3. The van der Waals surface area contributed by atoms with E-state index in [-0.39, 0.29) is 24.3 Å². The molecule has 0 aliphatic heterocycles. The molecule has 3 rings (SSSR count). The van der Waals surface area contributed by atoms with E-state index in [4.69, 9.17) is 14.2 Å². The number of carbonyl (C=O) groups is 1. The van der Waals surface area contributed by atoms with Crippen molar-refractivity contribution >= 4 is 17.7 Å². The molecule has 0 aliphatic carbocycles. The number of hydrogen-bond acceptors (Lipinski definition) is 7. The Kier molecular flexibility index (Phi) is 9.74. The van der Waals surface area contributed by atoms with Gasteiger partial charge in [0.2, 0.25) is 5.91 Å². The van der Waals surface area contributed by atoms with Crippen molar-refractivity contribution in [2.24, 2.45) is 0 Å². The number of para-hydroxylation sites is 1. The van der Waals surface area contributed by atoms with Crippen LogP contribution in [0.4, 0.5) is 0 Å². The van der Waals surface area contributed by atoms with Crippen molar-refractivity contribution in [3.63, 3.8) is 0 Å². The molecule has 0 radical (unpaired) electrons. The minimum absolute atomic E-state index is 0.0527. The maximum Gasteiger partial charge on any atom is 0.230 e. The Hall–Kier alpha value is -2.88. The van der Waals surface area contributed by atoms with Crippen molar-refractivity contribution in [3.05, 3.63) is 60.4 Å². The van der Waals surface area contributed by atoms with Gasteiger partial charge in [-0.3, -0.25) is 4.79 Å². The lowest BCUT2D eigenvalue weighted by atomic mass is 10.1. The summed E-state index contributed by atoms with van der Waals surface area (Å²) in [6.45, 7) is 3.67. The van der Waals surface area contributed by atoms with Gasteiger partial charge in [-0.2, -0.15) is 0 Å². The molecule has 3 aromatic rings. The van der Waals surface area contributed by atoms with Crippen molar-refractivity contribution < 1.29 is 19.0 Å². The molecule has 1 heterocycles. The van der Waals surface area contributed by atoms with Gasteiger partial charge in [-0.25, -0.2) is 0 Å². The molecule has 1 unspecified atom stereocenters. The van der Waals surface area contributed by atoms with Gasteiger partial charge in [0, 0.05) is 32.4 Å². The molecule has 1 amide bonds. The van der Waals surface area contributed by atoms with Gasteiger partial charge in [0.05, 0.1) is 19.0 Å². The minimum Gasteiger partial charge on any atom is -0.485 e. The Labute approximate surface area is 198 Å². The van der Waals surface area contributed by atoms with Crippen LogP contribution in [0.25, 0.3) is 11.1 Å². The molecule has 0 fully saturated rings. The first-order valence-electron chi connectivity index (χ1n) is 10.7. The maximum absolute atomic E-state index is 12.2. The predicted molar refractivity (Wildman–Crippen MR) is 128 cm³/mol. The minimum atomic E-state index is -0.0829. The van der Waals surface area contributed by atoms with E-state index in [0.717, 1.165) is 16.9 Å². The summed E-state index contributed by atoms with van der Waals surface area (Å²) in [5, 5.41) is 12.1. The third kappa shape index (κ3) is 7.31. The van der Waals surface area contributed by atoms with Gasteiger partial charge in [-0.05, 0) is 18.6 Å². The zero-order chi connectivity index (χ0) is 23.5. The van der Waals surface area contributed by atoms with Gasteiger partial charge in [-0.15, -0.1) is 10.2 Å². The van der Waals surface area contributed by atoms with E-state index in [1.807, 2.05) is 54.0 Å². The smallest absolute Gasteiger partial charge is 0.230 e. The Morgan fingerprint density at radius 3 is 2.58 bits per heavy atom. The molecular weight excluding hydrogens is 440 g/mol. The normalized spacial score (nSPS) is 11.8. The SMILES string of the molecule is COCCn1c(COc2ccccc2-c2ccccc2)nnc1SCC(=O)NC(C)COC. The molecule has 0 saturated heterocycles. The van der Waals surface area contributed by atoms with E-state index < -0.39 is 0 Å². The van der Waals surface area contributed by atoms with Crippen LogP contribution in [-0.4, -0.2) is 59.9 Å². The highest BCUT2D eigenvalue weighted by molar-refractivity contribution is 7.99. The zero-order valence-corrected chi connectivity index (χ0v) is 20.0. The number of carbonyl (C=O) groups excluding carboxylic acids is 1. The van der Waals surface area contributed by atoms with Crippen molar-refractivity contribution in [1.29, 1.82) is 0 Å². The molecule has 176 valence electrons. The van der Waals surface area contributed by atoms with Crippen LogP contribution in [0.3, 0.4) is 0 Å². The Morgan fingerprint density at radius 2 is 1.82 bits per heavy atom. The number of nitrogens with one attached hydrogen (secondary N) is 1. The third-order valence-corrected chi connectivity index (χ3v) is 5.76. The summed E-state index contributed by atoms with van der Waals surface area (Å²) in [5.74, 6) is 1.59. The molecule has 1 aromatic heterocycles. The molecule has 8 nitrogen and oxygen atoms in total. The van der Waals surface area contributed by atoms with Gasteiger partial charge in [0.25, 0.3) is 0 Å². The lowest BCUT2D eigenvalue weighted by Gasteiger charge is -2.14. The summed E-state index contributed by atoms with van der Waals surface area (Å²) in [5.41, 5.74) is 2.09. The predicted octanol–water partition coefficient (Wildman–Crippen LogP) is 3.41. The molecule has 9 heteroatoms. The van der Waals surface area contributed by atoms with Crippen molar-refractivity contribution in [2.75, 3.05) is 33.2 Å². The van der Waals surface area contributed by atoms with E-state index in [1.54, 1.807) is 14.2 Å². The van der Waals surface area contributed by atoms with Gasteiger partial charge < -0.3 is 24.1 Å². The fourth-order valence-corrected chi connectivity index (χ4v) is 4.06. The highest BCUT2D eigenvalue weighted by Crippen LogP contribution is 2.30. The standard InChI is InChI=1S/C24H30N4O4S/c1-18(15-31-3)25-23(29)17-33-24-27-26-22(28(24)13-14-30-2)16-32-21-12-8-7-11-20(21)19-9-5-4-6-10-19/h4-12,18H,13-17H2,1-3H3,(H,25,29). The van der Waals surface area contributed by atoms with Crippen LogP contribution in [0.15, 0.2) is 59.8 Å². The topological polar surface area (TPSA) is 87.5 Å². The lowest BCUT2D eigenvalue weighted by Crippen LogP contribution is -2.36. The van der Waals surface area contributed by atoms with Crippen LogP contribution in [0, 0.1) is 0 Å². The number of nitrogens with zero attached hydrogens (tertiary/aromatic N) is 3. The molecule has 0 saturated carbocycles. The highest BCUT2D eigenvalue weighted by atomic mass is 32.2. The molecule has 0 bridgehead atoms. The number of methoxy groups -OCH3 is 2. The number of hydrogen-bond donors (Lipinski definition) is 1. The van der Waals surface area contributed by atoms with Crippen LogP contribution >= 0.6 is 11.8 Å². The highest BCUT2D eigenvalue weighted by Gasteiger charge is 2.16. The van der Waals surface area contributed by atoms with Crippen molar-refractivity contribution in [2.45, 2.75) is 31.3 Å². The first-order chi connectivity index (χ1) is 16.1. The average Bonchev–Trinajstić information content (AvgIpc) is 3.22. The van der Waals surface area contributed by atoms with E-state index >= 15 is 0 Å². The summed E-state index contributed by atoms with van der Waals surface area (Å²) in [7, 11) is 3.26. The Balaban J connectivity index is 1.69. The van der Waals surface area contributed by atoms with Gasteiger partial charge in [0.1, 0.15) is 12.4 Å². The van der Waals surface area contributed by atoms with Crippen LogP contribution in [0.5, 0.6) is 5.75 Å². The molecule has 0 spiro atoms. The number of ether oxygens (including phenoxy) is 3. The monoisotopic (exact) mass is 470 g/mol. The summed E-state index contributed by atoms with van der Waals surface area (Å²) in [4.78, 5) is 12.2. The first kappa shape index (κ1) is 24.8. The van der Waals surface area contributed by atoms with Gasteiger partial charge in [-0.1, -0.05) is 60.3 Å². The molecule has 33 heavy (non-hydrogen) atoms. The fourth-order valence-electron chi connectivity index (χ4n) is 3.27. The third-order valence-electron chi connectivity index (χ3n) is 4.80. The fraction of sp³-hybridized carbons (Fsp3) is 0.375. The van der Waals surface area contributed by atoms with E-state index in [2.05, 4.69) is 27.6 Å². The van der Waals surface area contributed by atoms with Crippen molar-refractivity contribution in [3.8, 4) is 16.9 Å². The van der Waals surface area contributed by atoms with Crippen LogP contribution < -0.4 is 10.1 Å². The second kappa shape index (κ2) is 13.0. The maximum atomic E-state index is 12.2. The van der Waals surface area contributed by atoms with E-state index in [9.17, 15) is 4.79 Å². The van der Waals surface area contributed by atoms with E-state index in [1.165, 1.54) is 11.8 Å². The largest absolute Gasteiger partial charge is 0.485 e. The van der Waals surface area contributed by atoms with Gasteiger partial charge in [0.15, 0.2) is 11.0 Å². The van der Waals surface area contributed by atoms with Crippen LogP contribution in [0.2, 0.25) is 0 Å². The molecule has 2 aromatic carbocycles. The summed E-state index contributed by atoms with van der Waals surface area (Å²) in [6.07, 6.45) is 0. The number of thioether (sulfide) groups is 1. The van der Waals surface area contributed by atoms with E-state index in [0.29, 0.717) is 30.7 Å². The second-order valence-corrected chi connectivity index (χ2v) is 8.35. The Morgan fingerprint density at radius 1 is 1.06 bits per heavy atom. The molecule has 1 atom stereocenters. The van der Waals surface area contributed by atoms with Crippen LogP contribution in [0.1, 0.15) is 12.7 Å². The summed E-state index contributed by atoms with van der Waals surface area (Å²) < 4.78 is 18.4. The average molecular weight is 471 g/mol. The van der Waals surface area contributed by atoms with Crippen LogP contribution in [-0.2, 0) is 27.4 Å². The Bertz CT molecular complexity index is 1010. The lowest BCUT2D eigenvalue weighted by molar-refractivity contribution is -0.119. The number of rotatable bonds is 13. The second-order valence-electron chi connectivity index (χ2n) is 7.41. The molecule has 0 aliphatic rings. The van der Waals surface area contributed by atoms with Gasteiger partial charge >= 0.3 is 0 Å². The number of benzene rings is 2. The summed E-state index contributed by atoms with van der Waals surface area (Å²) >= 11 is 1.33. The first-order valence-corrected chi connectivity index (χ1v) is 11.7. The number of amides is 1. The van der Waals surface area contributed by atoms with Crippen molar-refractivity contribution in [1.82, 2.24) is 20.1 Å². The molecule has 1 N–H and O–H groups in total.